The molecule has 1 amide bonds. The second-order valence-corrected chi connectivity index (χ2v) is 6.15. The standard InChI is InChI=1S/C20H23NO2/c1-21(17-10-4-2-5-11-17)20(22)16-9-8-14-19(15-16)23-18-12-6-3-7-13-18/h3,6-9,12-15,17H,2,4-5,10-11H2,1H3. The number of rotatable bonds is 4. The minimum absolute atomic E-state index is 0.0791. The van der Waals surface area contributed by atoms with Crippen LogP contribution in [0.3, 0.4) is 0 Å². The highest BCUT2D eigenvalue weighted by molar-refractivity contribution is 5.94. The summed E-state index contributed by atoms with van der Waals surface area (Å²) in [4.78, 5) is 14.6. The number of nitrogens with zero attached hydrogens (tertiary/aromatic N) is 1. The smallest absolute Gasteiger partial charge is 0.253 e. The zero-order valence-electron chi connectivity index (χ0n) is 13.6. The van der Waals surface area contributed by atoms with Gasteiger partial charge in [0.15, 0.2) is 0 Å². The molecule has 23 heavy (non-hydrogen) atoms. The van der Waals surface area contributed by atoms with Crippen molar-refractivity contribution >= 4 is 5.91 Å². The van der Waals surface area contributed by atoms with Gasteiger partial charge in [0.1, 0.15) is 11.5 Å². The molecule has 2 aromatic carbocycles. The average molecular weight is 309 g/mol. The van der Waals surface area contributed by atoms with Gasteiger partial charge in [0.05, 0.1) is 0 Å². The van der Waals surface area contributed by atoms with Gasteiger partial charge in [-0.25, -0.2) is 0 Å². The van der Waals surface area contributed by atoms with Crippen molar-refractivity contribution in [2.24, 2.45) is 0 Å². The van der Waals surface area contributed by atoms with Gasteiger partial charge in [-0.3, -0.25) is 4.79 Å². The number of amides is 1. The maximum absolute atomic E-state index is 12.7. The second-order valence-electron chi connectivity index (χ2n) is 6.15. The number of carbonyl (C=O) groups is 1. The Bertz CT molecular complexity index is 648. The minimum atomic E-state index is 0.0791. The molecule has 0 atom stereocenters. The summed E-state index contributed by atoms with van der Waals surface area (Å²) < 4.78 is 5.82. The molecule has 3 heteroatoms. The molecular formula is C20H23NO2. The van der Waals surface area contributed by atoms with Crippen LogP contribution >= 0.6 is 0 Å². The third kappa shape index (κ3) is 3.92. The van der Waals surface area contributed by atoms with E-state index in [0.717, 1.165) is 18.6 Å². The molecule has 1 aliphatic carbocycles. The molecule has 0 aliphatic heterocycles. The highest BCUT2D eigenvalue weighted by Gasteiger charge is 2.23. The molecule has 0 spiro atoms. The van der Waals surface area contributed by atoms with E-state index < -0.39 is 0 Å². The van der Waals surface area contributed by atoms with Gasteiger partial charge in [0, 0.05) is 18.7 Å². The molecule has 3 nitrogen and oxygen atoms in total. The molecule has 0 bridgehead atoms. The molecule has 0 unspecified atom stereocenters. The molecule has 1 saturated carbocycles. The SMILES string of the molecule is CN(C(=O)c1cccc(Oc2ccccc2)c1)C1CCCCC1. The molecule has 0 saturated heterocycles. The quantitative estimate of drug-likeness (QED) is 0.805. The van der Waals surface area contributed by atoms with Crippen LogP contribution in [0, 0.1) is 0 Å². The first kappa shape index (κ1) is 15.6. The molecular weight excluding hydrogens is 286 g/mol. The molecule has 0 heterocycles. The molecule has 2 aromatic rings. The normalized spacial score (nSPS) is 15.2. The lowest BCUT2D eigenvalue weighted by Crippen LogP contribution is -2.38. The van der Waals surface area contributed by atoms with Crippen LogP contribution in [0.5, 0.6) is 11.5 Å². The summed E-state index contributed by atoms with van der Waals surface area (Å²) >= 11 is 0. The summed E-state index contributed by atoms with van der Waals surface area (Å²) in [5.74, 6) is 1.55. The summed E-state index contributed by atoms with van der Waals surface area (Å²) in [5, 5.41) is 0. The Hall–Kier alpha value is -2.29. The number of hydrogen-bond donors (Lipinski definition) is 0. The van der Waals surface area contributed by atoms with E-state index in [1.165, 1.54) is 19.3 Å². The van der Waals surface area contributed by atoms with Crippen LogP contribution in [0.4, 0.5) is 0 Å². The average Bonchev–Trinajstić information content (AvgIpc) is 2.62. The van der Waals surface area contributed by atoms with Gasteiger partial charge >= 0.3 is 0 Å². The maximum Gasteiger partial charge on any atom is 0.253 e. The van der Waals surface area contributed by atoms with Gasteiger partial charge in [-0.2, -0.15) is 0 Å². The first-order valence-corrected chi connectivity index (χ1v) is 8.34. The van der Waals surface area contributed by atoms with E-state index in [4.69, 9.17) is 4.74 Å². The lowest BCUT2D eigenvalue weighted by molar-refractivity contribution is 0.0696. The Balaban J connectivity index is 1.72. The van der Waals surface area contributed by atoms with Crippen LogP contribution < -0.4 is 4.74 Å². The Morgan fingerprint density at radius 1 is 0.957 bits per heavy atom. The van der Waals surface area contributed by atoms with Crippen LogP contribution in [0.1, 0.15) is 42.5 Å². The fourth-order valence-corrected chi connectivity index (χ4v) is 3.16. The highest BCUT2D eigenvalue weighted by atomic mass is 16.5. The summed E-state index contributed by atoms with van der Waals surface area (Å²) in [5.41, 5.74) is 0.687. The van der Waals surface area contributed by atoms with Crippen LogP contribution in [0.2, 0.25) is 0 Å². The van der Waals surface area contributed by atoms with E-state index in [1.54, 1.807) is 0 Å². The monoisotopic (exact) mass is 309 g/mol. The van der Waals surface area contributed by atoms with Crippen molar-refractivity contribution in [3.63, 3.8) is 0 Å². The first-order valence-electron chi connectivity index (χ1n) is 8.34. The lowest BCUT2D eigenvalue weighted by Gasteiger charge is -2.31. The van der Waals surface area contributed by atoms with Gasteiger partial charge in [-0.15, -0.1) is 0 Å². The van der Waals surface area contributed by atoms with E-state index >= 15 is 0 Å². The van der Waals surface area contributed by atoms with E-state index in [1.807, 2.05) is 66.5 Å². The maximum atomic E-state index is 12.7. The Labute approximate surface area is 137 Å². The molecule has 1 aliphatic rings. The van der Waals surface area contributed by atoms with Gasteiger partial charge in [-0.1, -0.05) is 43.5 Å². The van der Waals surface area contributed by atoms with Crippen molar-refractivity contribution in [3.8, 4) is 11.5 Å². The topological polar surface area (TPSA) is 29.5 Å². The molecule has 3 rings (SSSR count). The molecule has 0 N–H and O–H groups in total. The summed E-state index contributed by atoms with van der Waals surface area (Å²) in [6.45, 7) is 0. The van der Waals surface area contributed by atoms with Crippen molar-refractivity contribution < 1.29 is 9.53 Å². The molecule has 1 fully saturated rings. The van der Waals surface area contributed by atoms with E-state index in [9.17, 15) is 4.79 Å². The van der Waals surface area contributed by atoms with Gasteiger partial charge in [0.25, 0.3) is 5.91 Å². The molecule has 120 valence electrons. The Kier molecular flexibility index (Phi) is 4.96. The summed E-state index contributed by atoms with van der Waals surface area (Å²) in [6, 6.07) is 17.4. The fourth-order valence-electron chi connectivity index (χ4n) is 3.16. The zero-order valence-corrected chi connectivity index (χ0v) is 13.6. The van der Waals surface area contributed by atoms with E-state index in [0.29, 0.717) is 17.4 Å². The number of benzene rings is 2. The third-order valence-electron chi connectivity index (χ3n) is 4.50. The minimum Gasteiger partial charge on any atom is -0.457 e. The largest absolute Gasteiger partial charge is 0.457 e. The lowest BCUT2D eigenvalue weighted by atomic mass is 9.94. The van der Waals surface area contributed by atoms with E-state index in [-0.39, 0.29) is 5.91 Å². The van der Waals surface area contributed by atoms with Gasteiger partial charge in [-0.05, 0) is 43.2 Å². The van der Waals surface area contributed by atoms with Crippen LogP contribution in [0.25, 0.3) is 0 Å². The van der Waals surface area contributed by atoms with Crippen molar-refractivity contribution in [1.29, 1.82) is 0 Å². The zero-order chi connectivity index (χ0) is 16.1. The van der Waals surface area contributed by atoms with Crippen molar-refractivity contribution in [3.05, 3.63) is 60.2 Å². The van der Waals surface area contributed by atoms with Crippen molar-refractivity contribution in [1.82, 2.24) is 4.90 Å². The number of carbonyl (C=O) groups excluding carboxylic acids is 1. The summed E-state index contributed by atoms with van der Waals surface area (Å²) in [7, 11) is 1.92. The predicted molar refractivity (Wildman–Crippen MR) is 91.9 cm³/mol. The molecule has 0 aromatic heterocycles. The van der Waals surface area contributed by atoms with Crippen LogP contribution in [0.15, 0.2) is 54.6 Å². The molecule has 0 radical (unpaired) electrons. The number of ether oxygens (including phenoxy) is 1. The van der Waals surface area contributed by atoms with Gasteiger partial charge < -0.3 is 9.64 Å². The second kappa shape index (κ2) is 7.32. The van der Waals surface area contributed by atoms with Crippen LogP contribution in [-0.4, -0.2) is 23.9 Å². The number of hydrogen-bond acceptors (Lipinski definition) is 2. The Morgan fingerprint density at radius 2 is 1.65 bits per heavy atom. The summed E-state index contributed by atoms with van der Waals surface area (Å²) in [6.07, 6.45) is 5.96. The van der Waals surface area contributed by atoms with Crippen molar-refractivity contribution in [2.75, 3.05) is 7.05 Å². The predicted octanol–water partition coefficient (Wildman–Crippen LogP) is 4.88. The Morgan fingerprint density at radius 3 is 2.39 bits per heavy atom. The van der Waals surface area contributed by atoms with Gasteiger partial charge in [0.2, 0.25) is 0 Å². The third-order valence-corrected chi connectivity index (χ3v) is 4.50. The van der Waals surface area contributed by atoms with E-state index in [2.05, 4.69) is 0 Å². The highest BCUT2D eigenvalue weighted by Crippen LogP contribution is 2.25. The van der Waals surface area contributed by atoms with Crippen LogP contribution in [-0.2, 0) is 0 Å². The number of para-hydroxylation sites is 1. The first-order chi connectivity index (χ1) is 11.2. The van der Waals surface area contributed by atoms with Crippen molar-refractivity contribution in [2.45, 2.75) is 38.1 Å². The fraction of sp³-hybridized carbons (Fsp3) is 0.350.